The van der Waals surface area contributed by atoms with Crippen LogP contribution in [0.5, 0.6) is 6.01 Å². The summed E-state index contributed by atoms with van der Waals surface area (Å²) in [5, 5.41) is 21.1. The maximum Gasteiger partial charge on any atom is 0.319 e. The van der Waals surface area contributed by atoms with Crippen LogP contribution < -0.4 is 9.64 Å². The van der Waals surface area contributed by atoms with Gasteiger partial charge in [0.25, 0.3) is 0 Å². The highest BCUT2D eigenvalue weighted by Crippen LogP contribution is 2.42. The number of hydrogen-bond acceptors (Lipinski definition) is 8. The van der Waals surface area contributed by atoms with E-state index in [1.165, 1.54) is 0 Å². The summed E-state index contributed by atoms with van der Waals surface area (Å²) in [5.74, 6) is -0.112. The quantitative estimate of drug-likeness (QED) is 0.291. The third-order valence-electron chi connectivity index (χ3n) is 9.55. The Morgan fingerprint density at radius 1 is 1.09 bits per heavy atom. The predicted octanol–water partition coefficient (Wildman–Crippen LogP) is 5.17. The zero-order valence-corrected chi connectivity index (χ0v) is 24.0. The molecular formula is C32H33F2N7O2. The molecule has 0 spiro atoms. The summed E-state index contributed by atoms with van der Waals surface area (Å²) in [6, 6.07) is 9.81. The number of pyridine rings is 1. The van der Waals surface area contributed by atoms with Crippen LogP contribution in [0.25, 0.3) is 43.8 Å². The van der Waals surface area contributed by atoms with Crippen LogP contribution in [0.3, 0.4) is 0 Å². The van der Waals surface area contributed by atoms with Gasteiger partial charge in [0, 0.05) is 43.2 Å². The molecule has 3 saturated heterocycles. The van der Waals surface area contributed by atoms with E-state index in [4.69, 9.17) is 9.72 Å². The number of hydrogen-bond donors (Lipinski definition) is 2. The van der Waals surface area contributed by atoms with Crippen molar-refractivity contribution in [2.75, 3.05) is 37.7 Å². The van der Waals surface area contributed by atoms with Crippen molar-refractivity contribution in [2.24, 2.45) is 0 Å². The fraction of sp³-hybridized carbons (Fsp3) is 0.438. The number of anilines is 1. The number of fused-ring (bicyclic) bond motifs is 4. The Labute approximate surface area is 246 Å². The fourth-order valence-corrected chi connectivity index (χ4v) is 7.56. The minimum Gasteiger partial charge on any atom is -0.461 e. The first kappa shape index (κ1) is 26.7. The zero-order chi connectivity index (χ0) is 29.3. The summed E-state index contributed by atoms with van der Waals surface area (Å²) < 4.78 is 37.5. The first-order chi connectivity index (χ1) is 20.8. The second-order valence-electron chi connectivity index (χ2n) is 12.7. The number of benzene rings is 2. The van der Waals surface area contributed by atoms with Gasteiger partial charge in [0.05, 0.1) is 28.2 Å². The maximum atomic E-state index is 16.8. The highest BCUT2D eigenvalue weighted by Gasteiger charge is 2.49. The van der Waals surface area contributed by atoms with E-state index in [2.05, 4.69) is 25.1 Å². The lowest BCUT2D eigenvalue weighted by atomic mass is 9.95. The van der Waals surface area contributed by atoms with Gasteiger partial charge in [-0.1, -0.05) is 24.3 Å². The predicted molar refractivity (Wildman–Crippen MR) is 161 cm³/mol. The first-order valence-electron chi connectivity index (χ1n) is 15.0. The number of nitrogens with one attached hydrogen (secondary N) is 1. The summed E-state index contributed by atoms with van der Waals surface area (Å²) in [6.45, 7) is 4.26. The van der Waals surface area contributed by atoms with Crippen molar-refractivity contribution in [3.05, 3.63) is 48.5 Å². The van der Waals surface area contributed by atoms with Crippen molar-refractivity contribution in [3.63, 3.8) is 0 Å². The number of aliphatic hydroxyl groups is 1. The van der Waals surface area contributed by atoms with Crippen molar-refractivity contribution < 1.29 is 18.6 Å². The Morgan fingerprint density at radius 2 is 1.95 bits per heavy atom. The Bertz CT molecular complexity index is 1880. The van der Waals surface area contributed by atoms with Gasteiger partial charge in [-0.3, -0.25) is 15.0 Å². The molecule has 3 atom stereocenters. The highest BCUT2D eigenvalue weighted by atomic mass is 19.1. The van der Waals surface area contributed by atoms with Gasteiger partial charge in [0.15, 0.2) is 5.82 Å². The molecule has 3 aliphatic heterocycles. The second kappa shape index (κ2) is 9.78. The molecule has 0 radical (unpaired) electrons. The molecule has 43 heavy (non-hydrogen) atoms. The molecule has 3 aromatic heterocycles. The van der Waals surface area contributed by atoms with Gasteiger partial charge in [-0.2, -0.15) is 15.1 Å². The molecule has 0 amide bonds. The van der Waals surface area contributed by atoms with Crippen LogP contribution in [0.1, 0.15) is 39.0 Å². The molecular weight excluding hydrogens is 552 g/mol. The maximum absolute atomic E-state index is 16.8. The van der Waals surface area contributed by atoms with Gasteiger partial charge in [0.1, 0.15) is 29.8 Å². The standard InChI is InChI=1S/C32H33F2N7O2/c1-31(42)8-4-10-40(17-31)29-23-14-35-28(25-21-7-3-2-6-19(21)12-24-22(25)15-36-39-24)26(34)27(23)37-30(38-29)43-18-32-9-5-11-41(32)16-20(33)13-32/h2-3,6-7,12,14-15,20,42H,4-5,8-11,13,16-18H2,1H3,(H,36,39)/t20-,31-,32-/m1/s1. The SMILES string of the molecule is C[C@@]1(O)CCCN(c2nc(OC[C@]34CCCN3C[C@H](F)C4)nc3c(F)c(-c4c5ccccc5cc5[nH]ncc45)ncc23)C1. The smallest absolute Gasteiger partial charge is 0.319 e. The summed E-state index contributed by atoms with van der Waals surface area (Å²) in [4.78, 5) is 18.2. The Hall–Kier alpha value is -3.96. The third kappa shape index (κ3) is 4.39. The molecule has 2 N–H and O–H groups in total. The number of halogens is 2. The van der Waals surface area contributed by atoms with E-state index in [0.29, 0.717) is 49.2 Å². The Morgan fingerprint density at radius 3 is 2.84 bits per heavy atom. The van der Waals surface area contributed by atoms with Crippen LogP contribution >= 0.6 is 0 Å². The van der Waals surface area contributed by atoms with Gasteiger partial charge in [0.2, 0.25) is 0 Å². The van der Waals surface area contributed by atoms with Crippen molar-refractivity contribution in [1.29, 1.82) is 0 Å². The molecule has 11 heteroatoms. The van der Waals surface area contributed by atoms with Crippen LogP contribution in [0.4, 0.5) is 14.6 Å². The van der Waals surface area contributed by atoms with Crippen LogP contribution in [-0.4, -0.2) is 85.3 Å². The molecule has 3 fully saturated rings. The minimum absolute atomic E-state index is 0.0404. The molecule has 0 bridgehead atoms. The third-order valence-corrected chi connectivity index (χ3v) is 9.55. The number of β-amino-alcohol motifs (C(OH)–C–C–N with tert-alkyl or cyclic N) is 1. The number of ether oxygens (including phenoxy) is 1. The van der Waals surface area contributed by atoms with Crippen molar-refractivity contribution in [2.45, 2.75) is 56.3 Å². The van der Waals surface area contributed by atoms with Crippen molar-refractivity contribution in [3.8, 4) is 17.3 Å². The normalized spacial score (nSPS) is 26.1. The largest absolute Gasteiger partial charge is 0.461 e. The number of H-pyrrole nitrogens is 1. The monoisotopic (exact) mass is 585 g/mol. The van der Waals surface area contributed by atoms with Crippen molar-refractivity contribution >= 4 is 38.4 Å². The van der Waals surface area contributed by atoms with E-state index in [1.807, 2.05) is 35.2 Å². The molecule has 0 unspecified atom stereocenters. The number of piperidine rings is 1. The van der Waals surface area contributed by atoms with E-state index in [9.17, 15) is 9.50 Å². The lowest BCUT2D eigenvalue weighted by Crippen LogP contribution is -2.46. The van der Waals surface area contributed by atoms with Crippen LogP contribution in [0, 0.1) is 5.82 Å². The molecule has 8 rings (SSSR count). The zero-order valence-electron chi connectivity index (χ0n) is 24.0. The molecule has 5 aromatic rings. The fourth-order valence-electron chi connectivity index (χ4n) is 7.56. The van der Waals surface area contributed by atoms with Crippen LogP contribution in [0.15, 0.2) is 42.7 Å². The van der Waals surface area contributed by atoms with Crippen molar-refractivity contribution in [1.82, 2.24) is 30.0 Å². The highest BCUT2D eigenvalue weighted by molar-refractivity contribution is 6.11. The second-order valence-corrected chi connectivity index (χ2v) is 12.7. The van der Waals surface area contributed by atoms with E-state index < -0.39 is 23.1 Å². The number of aromatic nitrogens is 5. The van der Waals surface area contributed by atoms with Gasteiger partial charge < -0.3 is 14.7 Å². The number of rotatable bonds is 5. The molecule has 3 aliphatic rings. The number of nitrogens with zero attached hydrogens (tertiary/aromatic N) is 6. The van der Waals surface area contributed by atoms with E-state index in [0.717, 1.165) is 47.5 Å². The van der Waals surface area contributed by atoms with Gasteiger partial charge >= 0.3 is 6.01 Å². The summed E-state index contributed by atoms with van der Waals surface area (Å²) in [5.41, 5.74) is 0.349. The lowest BCUT2D eigenvalue weighted by Gasteiger charge is -2.38. The molecule has 6 heterocycles. The van der Waals surface area contributed by atoms with Gasteiger partial charge in [-0.25, -0.2) is 8.78 Å². The minimum atomic E-state index is -0.915. The van der Waals surface area contributed by atoms with Gasteiger partial charge in [-0.15, -0.1) is 0 Å². The molecule has 222 valence electrons. The molecule has 9 nitrogen and oxygen atoms in total. The topological polar surface area (TPSA) is 103 Å². The summed E-state index contributed by atoms with van der Waals surface area (Å²) in [7, 11) is 0. The number of aromatic amines is 1. The Balaban J connectivity index is 1.29. The average molecular weight is 586 g/mol. The van der Waals surface area contributed by atoms with Gasteiger partial charge in [-0.05, 0) is 56.0 Å². The van der Waals surface area contributed by atoms with E-state index in [1.54, 1.807) is 19.3 Å². The molecule has 0 aliphatic carbocycles. The Kier molecular flexibility index (Phi) is 6.06. The lowest BCUT2D eigenvalue weighted by molar-refractivity contribution is 0.0447. The molecule has 2 aromatic carbocycles. The van der Waals surface area contributed by atoms with Crippen LogP contribution in [-0.2, 0) is 0 Å². The summed E-state index contributed by atoms with van der Waals surface area (Å²) in [6.07, 6.45) is 6.07. The number of alkyl halides is 1. The first-order valence-corrected chi connectivity index (χ1v) is 15.0. The average Bonchev–Trinajstić information content (AvgIpc) is 3.69. The van der Waals surface area contributed by atoms with E-state index >= 15 is 4.39 Å². The van der Waals surface area contributed by atoms with Crippen LogP contribution in [0.2, 0.25) is 0 Å². The summed E-state index contributed by atoms with van der Waals surface area (Å²) >= 11 is 0. The van der Waals surface area contributed by atoms with E-state index in [-0.39, 0.29) is 23.8 Å². The molecule has 0 saturated carbocycles.